The van der Waals surface area contributed by atoms with Crippen molar-refractivity contribution in [1.82, 2.24) is 20.4 Å². The maximum atomic E-state index is 13.6. The lowest BCUT2D eigenvalue weighted by atomic mass is 10.0. The summed E-state index contributed by atoms with van der Waals surface area (Å²) in [5, 5.41) is 14.3. The lowest BCUT2D eigenvalue weighted by Gasteiger charge is -2.32. The van der Waals surface area contributed by atoms with Gasteiger partial charge in [-0.3, -0.25) is 28.8 Å². The van der Waals surface area contributed by atoms with E-state index < -0.39 is 59.8 Å². The molecular formula is C27H38N6O7. The van der Waals surface area contributed by atoms with Crippen LogP contribution >= 0.6 is 0 Å². The quantitative estimate of drug-likeness (QED) is 0.212. The third-order valence-electron chi connectivity index (χ3n) is 7.32. The van der Waals surface area contributed by atoms with E-state index >= 15 is 0 Å². The Morgan fingerprint density at radius 1 is 0.975 bits per heavy atom. The molecule has 5 amide bonds. The number of primary amides is 1. The van der Waals surface area contributed by atoms with Crippen LogP contribution in [0, 0.1) is 0 Å². The smallest absolute Gasteiger partial charge is 0.325 e. The molecule has 0 aromatic heterocycles. The van der Waals surface area contributed by atoms with E-state index in [1.54, 1.807) is 24.3 Å². The molecule has 0 aliphatic carbocycles. The molecule has 40 heavy (non-hydrogen) atoms. The van der Waals surface area contributed by atoms with E-state index in [4.69, 9.17) is 11.5 Å². The van der Waals surface area contributed by atoms with Gasteiger partial charge in [0.2, 0.25) is 29.5 Å². The number of nitrogens with two attached hydrogens (primary N) is 2. The highest BCUT2D eigenvalue weighted by Gasteiger charge is 2.43. The molecule has 0 spiro atoms. The van der Waals surface area contributed by atoms with Gasteiger partial charge in [0.15, 0.2) is 0 Å². The van der Waals surface area contributed by atoms with Crippen LogP contribution in [-0.2, 0) is 35.2 Å². The van der Waals surface area contributed by atoms with Gasteiger partial charge in [0.1, 0.15) is 24.2 Å². The third kappa shape index (κ3) is 7.78. The van der Waals surface area contributed by atoms with Crippen LogP contribution in [0.4, 0.5) is 0 Å². The highest BCUT2D eigenvalue weighted by atomic mass is 16.4. The van der Waals surface area contributed by atoms with Crippen molar-refractivity contribution < 1.29 is 33.9 Å². The normalized spacial score (nSPS) is 20.9. The predicted octanol–water partition coefficient (Wildman–Crippen LogP) is -1.12. The highest BCUT2D eigenvalue weighted by molar-refractivity contribution is 5.96. The zero-order valence-corrected chi connectivity index (χ0v) is 22.6. The molecule has 0 saturated carbocycles. The van der Waals surface area contributed by atoms with Crippen LogP contribution in [0.15, 0.2) is 30.3 Å². The lowest BCUT2D eigenvalue weighted by Crippen LogP contribution is -2.58. The fourth-order valence-corrected chi connectivity index (χ4v) is 5.12. The average Bonchev–Trinajstić information content (AvgIpc) is 3.61. The van der Waals surface area contributed by atoms with E-state index in [1.165, 1.54) is 16.7 Å². The van der Waals surface area contributed by atoms with Crippen LogP contribution in [0.1, 0.15) is 51.0 Å². The Bertz CT molecular complexity index is 1110. The Morgan fingerprint density at radius 2 is 1.60 bits per heavy atom. The van der Waals surface area contributed by atoms with Crippen molar-refractivity contribution in [2.24, 2.45) is 11.5 Å². The van der Waals surface area contributed by atoms with Crippen molar-refractivity contribution in [3.63, 3.8) is 0 Å². The zero-order chi connectivity index (χ0) is 29.4. The Morgan fingerprint density at radius 3 is 2.23 bits per heavy atom. The van der Waals surface area contributed by atoms with Crippen LogP contribution in [0.25, 0.3) is 0 Å². The van der Waals surface area contributed by atoms with E-state index in [1.807, 2.05) is 6.07 Å². The van der Waals surface area contributed by atoms with Gasteiger partial charge in [0, 0.05) is 25.9 Å². The summed E-state index contributed by atoms with van der Waals surface area (Å²) in [5.74, 6) is -3.77. The van der Waals surface area contributed by atoms with E-state index in [0.29, 0.717) is 38.8 Å². The highest BCUT2D eigenvalue weighted by Crippen LogP contribution is 2.26. The molecule has 2 fully saturated rings. The molecule has 2 saturated heterocycles. The molecule has 2 heterocycles. The number of rotatable bonds is 12. The van der Waals surface area contributed by atoms with Crippen LogP contribution in [0.3, 0.4) is 0 Å². The van der Waals surface area contributed by atoms with Crippen molar-refractivity contribution in [1.29, 1.82) is 0 Å². The molecular weight excluding hydrogens is 520 g/mol. The topological polar surface area (TPSA) is 205 Å². The van der Waals surface area contributed by atoms with Crippen molar-refractivity contribution >= 4 is 35.5 Å². The number of nitrogens with one attached hydrogen (secondary N) is 2. The molecule has 1 aromatic carbocycles. The zero-order valence-electron chi connectivity index (χ0n) is 22.6. The summed E-state index contributed by atoms with van der Waals surface area (Å²) >= 11 is 0. The van der Waals surface area contributed by atoms with E-state index in [9.17, 15) is 33.9 Å². The second-order valence-corrected chi connectivity index (χ2v) is 10.3. The molecule has 5 atom stereocenters. The molecule has 7 N–H and O–H groups in total. The van der Waals surface area contributed by atoms with Crippen molar-refractivity contribution in [3.8, 4) is 0 Å². The van der Waals surface area contributed by atoms with E-state index in [0.717, 1.165) is 5.56 Å². The Hall–Kier alpha value is -4.00. The fraction of sp³-hybridized carbons (Fsp3) is 0.556. The van der Waals surface area contributed by atoms with Crippen molar-refractivity contribution in [2.75, 3.05) is 13.1 Å². The first-order valence-electron chi connectivity index (χ1n) is 13.5. The number of amides is 5. The van der Waals surface area contributed by atoms with Gasteiger partial charge >= 0.3 is 5.97 Å². The molecule has 0 radical (unpaired) electrons. The molecule has 2 aliphatic heterocycles. The standard InChI is InChI=1S/C27H38N6O7/c1-16(27(39)40)30-23(35)19(15-17-7-3-2-4-8-17)31-24(36)20-9-5-13-32(20)26(38)21-10-6-14-33(21)25(37)18(28)11-12-22(29)34/h2-4,7-8,16,18-21H,5-6,9-15,28H2,1H3,(H2,29,34)(H,30,35)(H,31,36)(H,39,40)/t16-,18-,19-,20-,21-/m0/s1. The average molecular weight is 559 g/mol. The fourth-order valence-electron chi connectivity index (χ4n) is 5.12. The van der Waals surface area contributed by atoms with Gasteiger partial charge in [-0.15, -0.1) is 0 Å². The largest absolute Gasteiger partial charge is 0.480 e. The van der Waals surface area contributed by atoms with Crippen LogP contribution in [0.5, 0.6) is 0 Å². The maximum Gasteiger partial charge on any atom is 0.325 e. The van der Waals surface area contributed by atoms with E-state index in [2.05, 4.69) is 10.6 Å². The van der Waals surface area contributed by atoms with Gasteiger partial charge in [0.05, 0.1) is 6.04 Å². The first-order chi connectivity index (χ1) is 19.0. The number of carbonyl (C=O) groups is 6. The number of hydrogen-bond acceptors (Lipinski definition) is 7. The SMILES string of the molecule is C[C@H](NC(=O)[C@H](Cc1ccccc1)NC(=O)[C@@H]1CCCN1C(=O)[C@@H]1CCCN1C(=O)[C@@H](N)CCC(N)=O)C(=O)O. The van der Waals surface area contributed by atoms with Gasteiger partial charge in [-0.05, 0) is 44.6 Å². The Labute approximate surface area is 232 Å². The van der Waals surface area contributed by atoms with Gasteiger partial charge < -0.3 is 37.0 Å². The second-order valence-electron chi connectivity index (χ2n) is 10.3. The minimum atomic E-state index is -1.21. The molecule has 0 unspecified atom stereocenters. The van der Waals surface area contributed by atoms with Crippen LogP contribution < -0.4 is 22.1 Å². The predicted molar refractivity (Wildman–Crippen MR) is 143 cm³/mol. The van der Waals surface area contributed by atoms with Crippen molar-refractivity contribution in [3.05, 3.63) is 35.9 Å². The number of likely N-dealkylation sites (tertiary alicyclic amines) is 2. The Kier molecular flexibility index (Phi) is 10.6. The first kappa shape index (κ1) is 30.5. The molecule has 3 rings (SSSR count). The number of hydrogen-bond donors (Lipinski definition) is 5. The Balaban J connectivity index is 1.71. The van der Waals surface area contributed by atoms with Crippen LogP contribution in [0.2, 0.25) is 0 Å². The lowest BCUT2D eigenvalue weighted by molar-refractivity contribution is -0.147. The maximum absolute atomic E-state index is 13.6. The molecule has 218 valence electrons. The number of carboxylic acids is 1. The number of benzene rings is 1. The van der Waals surface area contributed by atoms with E-state index in [-0.39, 0.29) is 25.2 Å². The number of nitrogens with zero attached hydrogens (tertiary/aromatic N) is 2. The summed E-state index contributed by atoms with van der Waals surface area (Å²) in [4.78, 5) is 78.1. The summed E-state index contributed by atoms with van der Waals surface area (Å²) in [6.45, 7) is 1.98. The monoisotopic (exact) mass is 558 g/mol. The van der Waals surface area contributed by atoms with Gasteiger partial charge in [0.25, 0.3) is 0 Å². The molecule has 13 heteroatoms. The van der Waals surface area contributed by atoms with Gasteiger partial charge in [-0.25, -0.2) is 0 Å². The van der Waals surface area contributed by atoms with Crippen LogP contribution in [-0.4, -0.2) is 93.7 Å². The molecule has 13 nitrogen and oxygen atoms in total. The second kappa shape index (κ2) is 13.9. The summed E-state index contributed by atoms with van der Waals surface area (Å²) < 4.78 is 0. The van der Waals surface area contributed by atoms with Gasteiger partial charge in [-0.2, -0.15) is 0 Å². The number of carbonyl (C=O) groups excluding carboxylic acids is 5. The first-order valence-corrected chi connectivity index (χ1v) is 13.5. The minimum absolute atomic E-state index is 0.0449. The molecule has 0 bridgehead atoms. The van der Waals surface area contributed by atoms with Gasteiger partial charge in [-0.1, -0.05) is 30.3 Å². The van der Waals surface area contributed by atoms with Crippen molar-refractivity contribution in [2.45, 2.75) is 82.1 Å². The number of carboxylic acid groups (broad SMARTS) is 1. The summed E-state index contributed by atoms with van der Waals surface area (Å²) in [5.41, 5.74) is 11.9. The summed E-state index contributed by atoms with van der Waals surface area (Å²) in [7, 11) is 0. The summed E-state index contributed by atoms with van der Waals surface area (Å²) in [6, 6.07) is 4.15. The number of aliphatic carboxylic acids is 1. The molecule has 2 aliphatic rings. The minimum Gasteiger partial charge on any atom is -0.480 e. The third-order valence-corrected chi connectivity index (χ3v) is 7.32. The summed E-state index contributed by atoms with van der Waals surface area (Å²) in [6.07, 6.45) is 2.11. The molecule has 1 aromatic rings.